The molecule has 0 aromatic carbocycles. The highest BCUT2D eigenvalue weighted by Gasteiger charge is 2.54. The smallest absolute Gasteiger partial charge is 0.303 e. The van der Waals surface area contributed by atoms with Crippen LogP contribution in [0, 0.1) is 29.6 Å². The first-order valence-corrected chi connectivity index (χ1v) is 8.50. The number of carbonyl (C=O) groups excluding carboxylic acids is 1. The summed E-state index contributed by atoms with van der Waals surface area (Å²) < 4.78 is 0. The Kier molecular flexibility index (Phi) is 5.65. The minimum Gasteiger partial charge on any atom is -0.481 e. The van der Waals surface area contributed by atoms with E-state index in [1.807, 2.05) is 0 Å². The van der Waals surface area contributed by atoms with Gasteiger partial charge in [0, 0.05) is 18.9 Å². The van der Waals surface area contributed by atoms with Gasteiger partial charge >= 0.3 is 5.97 Å². The second kappa shape index (κ2) is 7.28. The van der Waals surface area contributed by atoms with Crippen molar-refractivity contribution in [3.8, 4) is 0 Å². The number of amides is 1. The molecule has 0 aliphatic heterocycles. The molecule has 120 valence electrons. The molecule has 3 unspecified atom stereocenters. The van der Waals surface area contributed by atoms with Crippen LogP contribution in [0.25, 0.3) is 0 Å². The molecule has 0 radical (unpaired) electrons. The lowest BCUT2D eigenvalue weighted by atomic mass is 9.88. The first-order chi connectivity index (χ1) is 10.0. The minimum atomic E-state index is -0.730. The van der Waals surface area contributed by atoms with Crippen molar-refractivity contribution in [3.05, 3.63) is 0 Å². The Morgan fingerprint density at radius 2 is 1.76 bits per heavy atom. The Bertz CT molecular complexity index is 368. The molecule has 2 aliphatic rings. The lowest BCUT2D eigenvalue weighted by Crippen LogP contribution is -2.29. The van der Waals surface area contributed by atoms with Gasteiger partial charge in [0.25, 0.3) is 0 Å². The zero-order valence-corrected chi connectivity index (χ0v) is 13.3. The first kappa shape index (κ1) is 16.3. The molecule has 0 heterocycles. The molecule has 0 aromatic rings. The van der Waals surface area contributed by atoms with E-state index >= 15 is 0 Å². The molecular formula is C17H29NO3. The molecule has 21 heavy (non-hydrogen) atoms. The number of nitrogens with one attached hydrogen (secondary N) is 1. The van der Waals surface area contributed by atoms with Crippen LogP contribution in [0.1, 0.15) is 58.8 Å². The molecule has 4 nitrogen and oxygen atoms in total. The van der Waals surface area contributed by atoms with Gasteiger partial charge in [-0.1, -0.05) is 26.7 Å². The summed E-state index contributed by atoms with van der Waals surface area (Å²) in [5, 5.41) is 11.9. The van der Waals surface area contributed by atoms with E-state index in [2.05, 4.69) is 19.2 Å². The lowest BCUT2D eigenvalue weighted by molar-refractivity contribution is -0.137. The van der Waals surface area contributed by atoms with Gasteiger partial charge in [-0.25, -0.2) is 0 Å². The number of hydrogen-bond acceptors (Lipinski definition) is 2. The van der Waals surface area contributed by atoms with E-state index in [1.54, 1.807) is 0 Å². The molecule has 0 spiro atoms. The van der Waals surface area contributed by atoms with Crippen molar-refractivity contribution in [3.63, 3.8) is 0 Å². The van der Waals surface area contributed by atoms with Crippen molar-refractivity contribution in [1.82, 2.24) is 5.32 Å². The maximum Gasteiger partial charge on any atom is 0.303 e. The van der Waals surface area contributed by atoms with Gasteiger partial charge < -0.3 is 10.4 Å². The van der Waals surface area contributed by atoms with Crippen LogP contribution >= 0.6 is 0 Å². The molecule has 3 atom stereocenters. The minimum absolute atomic E-state index is 0.226. The van der Waals surface area contributed by atoms with Crippen molar-refractivity contribution in [1.29, 1.82) is 0 Å². The van der Waals surface area contributed by atoms with Crippen molar-refractivity contribution in [2.45, 2.75) is 58.8 Å². The molecule has 2 aliphatic carbocycles. The van der Waals surface area contributed by atoms with Crippen LogP contribution in [0.3, 0.4) is 0 Å². The summed E-state index contributed by atoms with van der Waals surface area (Å²) in [5.41, 5.74) is 0. The van der Waals surface area contributed by atoms with Crippen molar-refractivity contribution in [2.24, 2.45) is 29.6 Å². The summed E-state index contributed by atoms with van der Waals surface area (Å²) in [6, 6.07) is 0. The molecule has 1 amide bonds. The zero-order chi connectivity index (χ0) is 15.4. The average molecular weight is 295 g/mol. The number of hydrogen-bond donors (Lipinski definition) is 2. The van der Waals surface area contributed by atoms with Gasteiger partial charge in [-0.3, -0.25) is 9.59 Å². The number of carboxylic acids is 1. The van der Waals surface area contributed by atoms with Crippen LogP contribution in [-0.4, -0.2) is 23.5 Å². The van der Waals surface area contributed by atoms with Crippen molar-refractivity contribution >= 4 is 11.9 Å². The van der Waals surface area contributed by atoms with Crippen LogP contribution in [0.4, 0.5) is 0 Å². The van der Waals surface area contributed by atoms with Crippen molar-refractivity contribution in [2.75, 3.05) is 6.54 Å². The topological polar surface area (TPSA) is 66.4 Å². The average Bonchev–Trinajstić information content (AvgIpc) is 3.16. The normalized spacial score (nSPS) is 28.8. The molecule has 2 fully saturated rings. The SMILES string of the molecule is CC(C)C(CCNC(=O)C1C2CCCCC21)CCC(=O)O. The van der Waals surface area contributed by atoms with E-state index < -0.39 is 5.97 Å². The van der Waals surface area contributed by atoms with Crippen LogP contribution in [0.5, 0.6) is 0 Å². The predicted octanol–water partition coefficient (Wildman–Crippen LogP) is 3.07. The Morgan fingerprint density at radius 3 is 2.29 bits per heavy atom. The van der Waals surface area contributed by atoms with Crippen LogP contribution in [0.2, 0.25) is 0 Å². The summed E-state index contributed by atoms with van der Waals surface area (Å²) in [6.45, 7) is 4.95. The van der Waals surface area contributed by atoms with Gasteiger partial charge in [0.2, 0.25) is 5.91 Å². The molecular weight excluding hydrogens is 266 g/mol. The third-order valence-corrected chi connectivity index (χ3v) is 5.45. The summed E-state index contributed by atoms with van der Waals surface area (Å²) in [4.78, 5) is 22.9. The van der Waals surface area contributed by atoms with E-state index in [9.17, 15) is 9.59 Å². The standard InChI is InChI=1S/C17H29NO3/c1-11(2)12(7-8-15(19)20)9-10-18-17(21)16-13-5-3-4-6-14(13)16/h11-14,16H,3-10H2,1-2H3,(H,18,21)(H,19,20). The summed E-state index contributed by atoms with van der Waals surface area (Å²) in [7, 11) is 0. The van der Waals surface area contributed by atoms with Gasteiger partial charge in [0.15, 0.2) is 0 Å². The lowest BCUT2D eigenvalue weighted by Gasteiger charge is -2.20. The van der Waals surface area contributed by atoms with Crippen LogP contribution in [-0.2, 0) is 9.59 Å². The largest absolute Gasteiger partial charge is 0.481 e. The van der Waals surface area contributed by atoms with E-state index in [0.717, 1.165) is 6.42 Å². The molecule has 0 saturated heterocycles. The fourth-order valence-corrected chi connectivity index (χ4v) is 4.00. The van der Waals surface area contributed by atoms with Crippen molar-refractivity contribution < 1.29 is 14.7 Å². The molecule has 4 heteroatoms. The molecule has 0 aromatic heterocycles. The van der Waals surface area contributed by atoms with Gasteiger partial charge in [-0.05, 0) is 49.4 Å². The Balaban J connectivity index is 1.67. The van der Waals surface area contributed by atoms with Gasteiger partial charge in [0.05, 0.1) is 0 Å². The quantitative estimate of drug-likeness (QED) is 0.723. The van der Waals surface area contributed by atoms with Gasteiger partial charge in [-0.15, -0.1) is 0 Å². The second-order valence-electron chi connectivity index (χ2n) is 7.15. The first-order valence-electron chi connectivity index (χ1n) is 8.50. The number of rotatable bonds is 8. The number of aliphatic carboxylic acids is 1. The molecule has 0 bridgehead atoms. The fraction of sp³-hybridized carbons (Fsp3) is 0.882. The molecule has 2 saturated carbocycles. The van der Waals surface area contributed by atoms with E-state index in [-0.39, 0.29) is 18.2 Å². The van der Waals surface area contributed by atoms with Gasteiger partial charge in [-0.2, -0.15) is 0 Å². The fourth-order valence-electron chi connectivity index (χ4n) is 4.00. The van der Waals surface area contributed by atoms with Crippen LogP contribution in [0.15, 0.2) is 0 Å². The Hall–Kier alpha value is -1.06. The number of fused-ring (bicyclic) bond motifs is 1. The van der Waals surface area contributed by atoms with E-state index in [1.165, 1.54) is 25.7 Å². The predicted molar refractivity (Wildman–Crippen MR) is 81.8 cm³/mol. The number of carboxylic acid groups (broad SMARTS) is 1. The number of carbonyl (C=O) groups is 2. The van der Waals surface area contributed by atoms with E-state index in [0.29, 0.717) is 36.6 Å². The Morgan fingerprint density at radius 1 is 1.14 bits per heavy atom. The second-order valence-corrected chi connectivity index (χ2v) is 7.15. The summed E-state index contributed by atoms with van der Waals surface area (Å²) >= 11 is 0. The highest BCUT2D eigenvalue weighted by molar-refractivity contribution is 5.82. The summed E-state index contributed by atoms with van der Waals surface area (Å²) in [5.74, 6) is 1.95. The highest BCUT2D eigenvalue weighted by atomic mass is 16.4. The highest BCUT2D eigenvalue weighted by Crippen LogP contribution is 2.55. The van der Waals surface area contributed by atoms with Gasteiger partial charge in [0.1, 0.15) is 0 Å². The van der Waals surface area contributed by atoms with E-state index in [4.69, 9.17) is 5.11 Å². The molecule has 2 N–H and O–H groups in total. The molecule has 2 rings (SSSR count). The third-order valence-electron chi connectivity index (χ3n) is 5.45. The maximum atomic E-state index is 12.2. The Labute approximate surface area is 127 Å². The summed E-state index contributed by atoms with van der Waals surface area (Å²) in [6.07, 6.45) is 6.86. The van der Waals surface area contributed by atoms with Crippen LogP contribution < -0.4 is 5.32 Å². The maximum absolute atomic E-state index is 12.2. The monoisotopic (exact) mass is 295 g/mol. The third kappa shape index (κ3) is 4.45. The zero-order valence-electron chi connectivity index (χ0n) is 13.3.